The van der Waals surface area contributed by atoms with Gasteiger partial charge >= 0.3 is 0 Å². The lowest BCUT2D eigenvalue weighted by molar-refractivity contribution is 0.0168. The van der Waals surface area contributed by atoms with Crippen LogP contribution in [0.1, 0.15) is 43.8 Å². The van der Waals surface area contributed by atoms with Gasteiger partial charge in [-0.05, 0) is 39.0 Å². The topological polar surface area (TPSA) is 94.8 Å². The monoisotopic (exact) mass is 522 g/mol. The fourth-order valence-corrected chi connectivity index (χ4v) is 3.30. The fourth-order valence-electron chi connectivity index (χ4n) is 3.30. The number of aryl methyl sites for hydroxylation is 1. The van der Waals surface area contributed by atoms with Gasteiger partial charge in [0.15, 0.2) is 11.8 Å². The normalized spacial score (nSPS) is 21.9. The molecule has 0 radical (unpaired) electrons. The number of aliphatic imine (C=N–C) groups is 1. The molecule has 0 aliphatic carbocycles. The Hall–Kier alpha value is -0.980. The van der Waals surface area contributed by atoms with Crippen molar-refractivity contribution in [2.75, 3.05) is 39.5 Å². The van der Waals surface area contributed by atoms with Gasteiger partial charge in [-0.25, -0.2) is 4.99 Å². The predicted octanol–water partition coefficient (Wildman–Crippen LogP) is 1.54. The number of guanidine groups is 1. The summed E-state index contributed by atoms with van der Waals surface area (Å²) in [6.45, 7) is 7.11. The Kier molecular flexibility index (Phi) is 11.2. The molecule has 0 aromatic carbocycles. The molecular weight excluding hydrogens is 487 g/mol. The first kappa shape index (κ1) is 24.3. The summed E-state index contributed by atoms with van der Waals surface area (Å²) in [7, 11) is 1.96. The lowest BCUT2D eigenvalue weighted by atomic mass is 10.2. The van der Waals surface area contributed by atoms with E-state index in [1.54, 1.807) is 0 Å². The molecule has 0 saturated carbocycles. The summed E-state index contributed by atoms with van der Waals surface area (Å²) in [6, 6.07) is 0. The molecule has 2 N–H and O–H groups in total. The van der Waals surface area contributed by atoms with Gasteiger partial charge in [0, 0.05) is 40.0 Å². The number of hydrogen-bond acceptors (Lipinski definition) is 6. The molecule has 3 rings (SSSR count). The van der Waals surface area contributed by atoms with Gasteiger partial charge in [0.05, 0.1) is 18.8 Å². The van der Waals surface area contributed by atoms with Gasteiger partial charge < -0.3 is 29.4 Å². The van der Waals surface area contributed by atoms with Crippen molar-refractivity contribution in [1.82, 2.24) is 25.4 Å². The Morgan fingerprint density at radius 3 is 2.59 bits per heavy atom. The summed E-state index contributed by atoms with van der Waals surface area (Å²) < 4.78 is 18.9. The van der Waals surface area contributed by atoms with E-state index in [-0.39, 0.29) is 36.2 Å². The van der Waals surface area contributed by atoms with Crippen LogP contribution in [0.2, 0.25) is 0 Å². The van der Waals surface area contributed by atoms with Crippen LogP contribution in [0, 0.1) is 6.92 Å². The molecule has 2 atom stereocenters. The zero-order chi connectivity index (χ0) is 19.6. The highest BCUT2D eigenvalue weighted by Gasteiger charge is 2.16. The highest BCUT2D eigenvalue weighted by atomic mass is 127. The van der Waals surface area contributed by atoms with Crippen LogP contribution >= 0.6 is 24.0 Å². The van der Waals surface area contributed by atoms with Crippen LogP contribution in [0.3, 0.4) is 0 Å². The minimum absolute atomic E-state index is 0. The van der Waals surface area contributed by atoms with E-state index >= 15 is 0 Å². The van der Waals surface area contributed by atoms with Crippen molar-refractivity contribution in [2.24, 2.45) is 12.0 Å². The molecule has 2 aliphatic rings. The van der Waals surface area contributed by atoms with Crippen LogP contribution in [0.5, 0.6) is 0 Å². The molecule has 166 valence electrons. The van der Waals surface area contributed by atoms with E-state index in [9.17, 15) is 0 Å². The Balaban J connectivity index is 0.00000300. The van der Waals surface area contributed by atoms with E-state index in [0.717, 1.165) is 76.0 Å². The SMILES string of the molecule is Cc1nnc(CN=C(NCCCOCC2CCCO2)NCC2CCCO2)n1C.I. The van der Waals surface area contributed by atoms with E-state index in [2.05, 4.69) is 25.8 Å². The lowest BCUT2D eigenvalue weighted by Crippen LogP contribution is -2.41. The molecule has 9 nitrogen and oxygen atoms in total. The van der Waals surface area contributed by atoms with Gasteiger partial charge in [-0.1, -0.05) is 0 Å². The van der Waals surface area contributed by atoms with Crippen LogP contribution in [0.15, 0.2) is 4.99 Å². The third kappa shape index (κ3) is 8.35. The Bertz CT molecular complexity index is 615. The summed E-state index contributed by atoms with van der Waals surface area (Å²) in [4.78, 5) is 4.66. The first-order valence-electron chi connectivity index (χ1n) is 10.4. The average Bonchev–Trinajstić information content (AvgIpc) is 3.45. The number of aromatic nitrogens is 3. The molecule has 1 aromatic heterocycles. The molecule has 10 heteroatoms. The summed E-state index contributed by atoms with van der Waals surface area (Å²) in [5.41, 5.74) is 0. The number of nitrogens with one attached hydrogen (secondary N) is 2. The van der Waals surface area contributed by atoms with Crippen LogP contribution in [0.4, 0.5) is 0 Å². The van der Waals surface area contributed by atoms with Crippen molar-refractivity contribution in [3.05, 3.63) is 11.6 Å². The van der Waals surface area contributed by atoms with Crippen LogP contribution in [0.25, 0.3) is 0 Å². The Labute approximate surface area is 190 Å². The van der Waals surface area contributed by atoms with Crippen molar-refractivity contribution in [3.8, 4) is 0 Å². The quantitative estimate of drug-likeness (QED) is 0.208. The van der Waals surface area contributed by atoms with Crippen molar-refractivity contribution < 1.29 is 14.2 Å². The second kappa shape index (κ2) is 13.3. The molecule has 0 amide bonds. The van der Waals surface area contributed by atoms with Gasteiger partial charge in [0.25, 0.3) is 0 Å². The third-order valence-corrected chi connectivity index (χ3v) is 5.17. The second-order valence-corrected chi connectivity index (χ2v) is 7.39. The minimum Gasteiger partial charge on any atom is -0.379 e. The minimum atomic E-state index is 0. The highest BCUT2D eigenvalue weighted by Crippen LogP contribution is 2.12. The van der Waals surface area contributed by atoms with Gasteiger partial charge in [0.2, 0.25) is 0 Å². The first-order chi connectivity index (χ1) is 13.7. The molecule has 2 aliphatic heterocycles. The number of nitrogens with zero attached hydrogens (tertiary/aromatic N) is 4. The van der Waals surface area contributed by atoms with Crippen LogP contribution < -0.4 is 10.6 Å². The molecular formula is C19H35IN6O3. The van der Waals surface area contributed by atoms with Gasteiger partial charge in [-0.15, -0.1) is 34.2 Å². The summed E-state index contributed by atoms with van der Waals surface area (Å²) >= 11 is 0. The van der Waals surface area contributed by atoms with Crippen molar-refractivity contribution in [3.63, 3.8) is 0 Å². The molecule has 2 fully saturated rings. The largest absolute Gasteiger partial charge is 0.379 e. The van der Waals surface area contributed by atoms with E-state index in [0.29, 0.717) is 19.8 Å². The fraction of sp³-hybridized carbons (Fsp3) is 0.842. The van der Waals surface area contributed by atoms with E-state index in [1.165, 1.54) is 0 Å². The van der Waals surface area contributed by atoms with E-state index in [4.69, 9.17) is 14.2 Å². The lowest BCUT2D eigenvalue weighted by Gasteiger charge is -2.16. The van der Waals surface area contributed by atoms with Gasteiger partial charge in [-0.3, -0.25) is 0 Å². The van der Waals surface area contributed by atoms with Gasteiger partial charge in [-0.2, -0.15) is 0 Å². The smallest absolute Gasteiger partial charge is 0.191 e. The molecule has 3 heterocycles. The maximum atomic E-state index is 5.72. The Morgan fingerprint density at radius 2 is 1.93 bits per heavy atom. The standard InChI is InChI=1S/C19H34N6O3.HI/c1-15-23-24-18(25(15)2)13-22-19(21-12-16-6-3-10-27-16)20-8-5-9-26-14-17-7-4-11-28-17;/h16-17H,3-14H2,1-2H3,(H2,20,21,22);1H. The second-order valence-electron chi connectivity index (χ2n) is 7.39. The third-order valence-electron chi connectivity index (χ3n) is 5.17. The first-order valence-corrected chi connectivity index (χ1v) is 10.4. The molecule has 0 bridgehead atoms. The van der Waals surface area contributed by atoms with Gasteiger partial charge in [0.1, 0.15) is 12.4 Å². The zero-order valence-corrected chi connectivity index (χ0v) is 19.9. The number of hydrogen-bond donors (Lipinski definition) is 2. The van der Waals surface area contributed by atoms with Crippen molar-refractivity contribution in [2.45, 2.75) is 57.8 Å². The maximum absolute atomic E-state index is 5.72. The van der Waals surface area contributed by atoms with Crippen LogP contribution in [-0.2, 0) is 27.8 Å². The summed E-state index contributed by atoms with van der Waals surface area (Å²) in [5.74, 6) is 2.50. The van der Waals surface area contributed by atoms with E-state index in [1.807, 2.05) is 18.5 Å². The van der Waals surface area contributed by atoms with Crippen LogP contribution in [-0.4, -0.2) is 72.4 Å². The molecule has 0 spiro atoms. The number of ether oxygens (including phenoxy) is 3. The molecule has 2 unspecified atom stereocenters. The van der Waals surface area contributed by atoms with Crippen molar-refractivity contribution in [1.29, 1.82) is 0 Å². The zero-order valence-electron chi connectivity index (χ0n) is 17.6. The van der Waals surface area contributed by atoms with Crippen molar-refractivity contribution >= 4 is 29.9 Å². The molecule has 2 saturated heterocycles. The van der Waals surface area contributed by atoms with E-state index < -0.39 is 0 Å². The molecule has 29 heavy (non-hydrogen) atoms. The number of rotatable bonds is 10. The highest BCUT2D eigenvalue weighted by molar-refractivity contribution is 14.0. The number of halogens is 1. The summed E-state index contributed by atoms with van der Waals surface area (Å²) in [5, 5.41) is 15.0. The summed E-state index contributed by atoms with van der Waals surface area (Å²) in [6.07, 6.45) is 5.95. The maximum Gasteiger partial charge on any atom is 0.191 e. The molecule has 1 aromatic rings. The predicted molar refractivity (Wildman–Crippen MR) is 122 cm³/mol. The average molecular weight is 522 g/mol. The Morgan fingerprint density at radius 1 is 1.17 bits per heavy atom.